The molecule has 15 heavy (non-hydrogen) atoms. The number of hydrogen-bond donors (Lipinski definition) is 0. The summed E-state index contributed by atoms with van der Waals surface area (Å²) in [5, 5.41) is 0. The molecule has 2 unspecified atom stereocenters. The van der Waals surface area contributed by atoms with E-state index in [4.69, 9.17) is 0 Å². The minimum atomic E-state index is 0.911. The van der Waals surface area contributed by atoms with Gasteiger partial charge < -0.3 is 0 Å². The van der Waals surface area contributed by atoms with Gasteiger partial charge in [-0.1, -0.05) is 46.0 Å². The molecule has 0 spiro atoms. The highest BCUT2D eigenvalue weighted by atomic mass is 15.2. The second kappa shape index (κ2) is 5.34. The predicted octanol–water partition coefficient (Wildman–Crippen LogP) is 3.69. The van der Waals surface area contributed by atoms with Gasteiger partial charge in [0.25, 0.3) is 0 Å². The highest BCUT2D eigenvalue weighted by molar-refractivity contribution is 4.88. The van der Waals surface area contributed by atoms with Crippen molar-refractivity contribution in [3.63, 3.8) is 0 Å². The van der Waals surface area contributed by atoms with Gasteiger partial charge in [0.05, 0.1) is 0 Å². The number of nitrogens with zero attached hydrogens (tertiary/aromatic N) is 1. The van der Waals surface area contributed by atoms with Crippen LogP contribution in [-0.4, -0.2) is 24.0 Å². The van der Waals surface area contributed by atoms with Gasteiger partial charge >= 0.3 is 0 Å². The average Bonchev–Trinajstić information content (AvgIpc) is 2.26. The topological polar surface area (TPSA) is 3.24 Å². The zero-order valence-corrected chi connectivity index (χ0v) is 10.5. The minimum Gasteiger partial charge on any atom is -0.300 e. The fraction of sp³-hybridized carbons (Fsp3) is 1.00. The van der Waals surface area contributed by atoms with E-state index in [0.717, 1.165) is 17.9 Å². The Balaban J connectivity index is 1.65. The predicted molar refractivity (Wildman–Crippen MR) is 66.0 cm³/mol. The van der Waals surface area contributed by atoms with Crippen molar-refractivity contribution >= 4 is 0 Å². The molecule has 88 valence electrons. The lowest BCUT2D eigenvalue weighted by Crippen LogP contribution is -2.54. The highest BCUT2D eigenvalue weighted by Gasteiger charge is 2.33. The molecule has 1 heteroatoms. The lowest BCUT2D eigenvalue weighted by atomic mass is 9.84. The van der Waals surface area contributed by atoms with Crippen molar-refractivity contribution in [2.45, 2.75) is 64.8 Å². The monoisotopic (exact) mass is 209 g/mol. The van der Waals surface area contributed by atoms with E-state index in [0.29, 0.717) is 0 Å². The third kappa shape index (κ3) is 2.75. The van der Waals surface area contributed by atoms with Crippen molar-refractivity contribution in [1.29, 1.82) is 0 Å². The molecule has 1 nitrogen and oxygen atoms in total. The zero-order chi connectivity index (χ0) is 10.7. The first kappa shape index (κ1) is 11.4. The van der Waals surface area contributed by atoms with E-state index in [9.17, 15) is 0 Å². The molecule has 0 bridgehead atoms. The lowest BCUT2D eigenvalue weighted by molar-refractivity contribution is 0.0171. The van der Waals surface area contributed by atoms with E-state index in [1.54, 1.807) is 0 Å². The lowest BCUT2D eigenvalue weighted by Gasteiger charge is -2.47. The van der Waals surface area contributed by atoms with Crippen LogP contribution in [-0.2, 0) is 0 Å². The summed E-state index contributed by atoms with van der Waals surface area (Å²) < 4.78 is 0. The fourth-order valence-electron chi connectivity index (χ4n) is 3.59. The van der Waals surface area contributed by atoms with Gasteiger partial charge in [-0.3, -0.25) is 4.90 Å². The Hall–Kier alpha value is -0.0400. The second-order valence-electron chi connectivity index (χ2n) is 5.74. The molecule has 2 atom stereocenters. The molecule has 1 aliphatic carbocycles. The summed E-state index contributed by atoms with van der Waals surface area (Å²) in [6, 6.07) is 0.911. The molecule has 0 N–H and O–H groups in total. The molecule has 2 rings (SSSR count). The molecular formula is C14H27N. The van der Waals surface area contributed by atoms with Crippen molar-refractivity contribution in [1.82, 2.24) is 4.90 Å². The molecule has 0 aromatic rings. The smallest absolute Gasteiger partial charge is 0.0131 e. The summed E-state index contributed by atoms with van der Waals surface area (Å²) in [4.78, 5) is 2.72. The maximum atomic E-state index is 2.72. The Morgan fingerprint density at radius 1 is 1.13 bits per heavy atom. The maximum absolute atomic E-state index is 2.72. The summed E-state index contributed by atoms with van der Waals surface area (Å²) >= 11 is 0. The molecule has 1 saturated heterocycles. The largest absolute Gasteiger partial charge is 0.300 e. The van der Waals surface area contributed by atoms with E-state index in [2.05, 4.69) is 18.7 Å². The quantitative estimate of drug-likeness (QED) is 0.682. The minimum absolute atomic E-state index is 0.911. The van der Waals surface area contributed by atoms with Crippen LogP contribution in [0.1, 0.15) is 58.8 Å². The number of rotatable bonds is 4. The molecule has 0 aromatic heterocycles. The van der Waals surface area contributed by atoms with E-state index in [1.807, 2.05) is 0 Å². The third-order valence-corrected chi connectivity index (χ3v) is 4.62. The van der Waals surface area contributed by atoms with Crippen LogP contribution in [0.2, 0.25) is 0 Å². The van der Waals surface area contributed by atoms with E-state index in [1.165, 1.54) is 58.0 Å². The standard InChI is InChI=1S/C14H27N/c1-3-14-12(2)11-15(14)10-9-13-7-5-4-6-8-13/h12-14H,3-11H2,1-2H3. The molecule has 1 heterocycles. The van der Waals surface area contributed by atoms with Crippen LogP contribution in [0.25, 0.3) is 0 Å². The zero-order valence-electron chi connectivity index (χ0n) is 10.5. The molecule has 1 saturated carbocycles. The number of likely N-dealkylation sites (tertiary alicyclic amines) is 1. The van der Waals surface area contributed by atoms with Crippen LogP contribution in [0.3, 0.4) is 0 Å². The first-order valence-electron chi connectivity index (χ1n) is 7.05. The Labute approximate surface area is 95.2 Å². The highest BCUT2D eigenvalue weighted by Crippen LogP contribution is 2.30. The van der Waals surface area contributed by atoms with Gasteiger partial charge in [-0.25, -0.2) is 0 Å². The van der Waals surface area contributed by atoms with Crippen LogP contribution in [0.5, 0.6) is 0 Å². The van der Waals surface area contributed by atoms with Gasteiger partial charge in [0.15, 0.2) is 0 Å². The van der Waals surface area contributed by atoms with Gasteiger partial charge in [0, 0.05) is 12.6 Å². The molecule has 2 aliphatic rings. The Morgan fingerprint density at radius 3 is 2.47 bits per heavy atom. The SMILES string of the molecule is CCC1C(C)CN1CCC1CCCCC1. The molecular weight excluding hydrogens is 182 g/mol. The van der Waals surface area contributed by atoms with Crippen molar-refractivity contribution < 1.29 is 0 Å². The van der Waals surface area contributed by atoms with Crippen molar-refractivity contribution in [2.24, 2.45) is 11.8 Å². The van der Waals surface area contributed by atoms with Crippen molar-refractivity contribution in [2.75, 3.05) is 13.1 Å². The summed E-state index contributed by atoms with van der Waals surface area (Å²) in [6.45, 7) is 7.50. The number of hydrogen-bond acceptors (Lipinski definition) is 1. The summed E-state index contributed by atoms with van der Waals surface area (Å²) in [6.07, 6.45) is 10.3. The third-order valence-electron chi connectivity index (χ3n) is 4.62. The van der Waals surface area contributed by atoms with E-state index >= 15 is 0 Å². The van der Waals surface area contributed by atoms with Gasteiger partial charge in [-0.2, -0.15) is 0 Å². The van der Waals surface area contributed by atoms with Crippen LogP contribution in [0.4, 0.5) is 0 Å². The average molecular weight is 209 g/mol. The van der Waals surface area contributed by atoms with E-state index in [-0.39, 0.29) is 0 Å². The summed E-state index contributed by atoms with van der Waals surface area (Å²) in [7, 11) is 0. The molecule has 0 amide bonds. The normalized spacial score (nSPS) is 34.0. The molecule has 0 aromatic carbocycles. The van der Waals surface area contributed by atoms with Gasteiger partial charge in [0.2, 0.25) is 0 Å². The van der Waals surface area contributed by atoms with Gasteiger partial charge in [0.1, 0.15) is 0 Å². The molecule has 0 radical (unpaired) electrons. The van der Waals surface area contributed by atoms with Crippen LogP contribution >= 0.6 is 0 Å². The van der Waals surface area contributed by atoms with Crippen molar-refractivity contribution in [3.05, 3.63) is 0 Å². The van der Waals surface area contributed by atoms with Crippen LogP contribution in [0.15, 0.2) is 0 Å². The first-order valence-corrected chi connectivity index (χ1v) is 7.05. The summed E-state index contributed by atoms with van der Waals surface area (Å²) in [5.41, 5.74) is 0. The second-order valence-corrected chi connectivity index (χ2v) is 5.74. The Bertz CT molecular complexity index is 184. The molecule has 2 fully saturated rings. The Morgan fingerprint density at radius 2 is 1.87 bits per heavy atom. The molecule has 1 aliphatic heterocycles. The van der Waals surface area contributed by atoms with Crippen LogP contribution in [0, 0.1) is 11.8 Å². The van der Waals surface area contributed by atoms with Crippen molar-refractivity contribution in [3.8, 4) is 0 Å². The maximum Gasteiger partial charge on any atom is 0.0131 e. The first-order chi connectivity index (χ1) is 7.31. The Kier molecular flexibility index (Phi) is 4.07. The van der Waals surface area contributed by atoms with Gasteiger partial charge in [-0.05, 0) is 31.2 Å². The fourth-order valence-corrected chi connectivity index (χ4v) is 3.59. The van der Waals surface area contributed by atoms with Gasteiger partial charge in [-0.15, -0.1) is 0 Å². The summed E-state index contributed by atoms with van der Waals surface area (Å²) in [5.74, 6) is 2.02. The van der Waals surface area contributed by atoms with Crippen LogP contribution < -0.4 is 0 Å². The van der Waals surface area contributed by atoms with E-state index < -0.39 is 0 Å².